The van der Waals surface area contributed by atoms with Crippen molar-refractivity contribution in [3.05, 3.63) is 35.1 Å². The Morgan fingerprint density at radius 2 is 1.74 bits per heavy atom. The molecule has 0 aromatic heterocycles. The van der Waals surface area contributed by atoms with Crippen molar-refractivity contribution in [3.63, 3.8) is 0 Å². The van der Waals surface area contributed by atoms with Crippen LogP contribution in [0.5, 0.6) is 0 Å². The number of nitrogens with zero attached hydrogens (tertiary/aromatic N) is 1. The number of hydrogen-bond acceptors (Lipinski definition) is 6. The fourth-order valence-electron chi connectivity index (χ4n) is 2.66. The van der Waals surface area contributed by atoms with Crippen LogP contribution in [0.4, 0.5) is 4.39 Å². The number of nitriles is 1. The molecule has 1 aromatic rings. The molecule has 1 rings (SSSR count). The van der Waals surface area contributed by atoms with Crippen LogP contribution in [-0.2, 0) is 36.7 Å². The van der Waals surface area contributed by atoms with E-state index >= 15 is 0 Å². The average molecular weight is 378 g/mol. The van der Waals surface area contributed by atoms with Crippen LogP contribution in [0, 0.1) is 17.1 Å². The van der Waals surface area contributed by atoms with Crippen molar-refractivity contribution in [2.75, 3.05) is 13.2 Å². The molecular weight excluding hydrogens is 355 g/mol. The van der Waals surface area contributed by atoms with Gasteiger partial charge in [-0.25, -0.2) is 14.0 Å². The lowest BCUT2D eigenvalue weighted by Gasteiger charge is -2.30. The zero-order chi connectivity index (χ0) is 20.4. The molecule has 1 amide bonds. The number of esters is 2. The molecule has 0 aliphatic rings. The molecule has 8 heteroatoms. The Morgan fingerprint density at radius 3 is 2.22 bits per heavy atom. The molecule has 27 heavy (non-hydrogen) atoms. The summed E-state index contributed by atoms with van der Waals surface area (Å²) in [7, 11) is 0. The summed E-state index contributed by atoms with van der Waals surface area (Å²) in [4.78, 5) is 37.0. The number of carbonyl (C=O) groups excluding carboxylic acids is 3. The summed E-state index contributed by atoms with van der Waals surface area (Å²) in [5, 5.41) is 11.2. The second-order valence-corrected chi connectivity index (χ2v) is 5.78. The minimum atomic E-state index is -2.15. The molecule has 0 unspecified atom stereocenters. The van der Waals surface area contributed by atoms with Gasteiger partial charge in [-0.05, 0) is 43.5 Å². The molecule has 146 valence electrons. The van der Waals surface area contributed by atoms with Gasteiger partial charge in [-0.15, -0.1) is 0 Å². The molecule has 0 saturated heterocycles. The van der Waals surface area contributed by atoms with Crippen molar-refractivity contribution in [2.24, 2.45) is 0 Å². The molecule has 0 aliphatic carbocycles. The van der Waals surface area contributed by atoms with Crippen LogP contribution in [0.25, 0.3) is 0 Å². The summed E-state index contributed by atoms with van der Waals surface area (Å²) >= 11 is 0. The number of benzene rings is 1. The highest BCUT2D eigenvalue weighted by atomic mass is 19.1. The van der Waals surface area contributed by atoms with E-state index < -0.39 is 29.2 Å². The largest absolute Gasteiger partial charge is 0.464 e. The minimum Gasteiger partial charge on any atom is -0.464 e. The summed E-state index contributed by atoms with van der Waals surface area (Å²) in [6.45, 7) is 4.22. The normalized spacial score (nSPS) is 10.6. The van der Waals surface area contributed by atoms with Gasteiger partial charge in [0.25, 0.3) is 0 Å². The quantitative estimate of drug-likeness (QED) is 0.519. The topological polar surface area (TPSA) is 105 Å². The Labute approximate surface area is 157 Å². The zero-order valence-electron chi connectivity index (χ0n) is 15.6. The van der Waals surface area contributed by atoms with Gasteiger partial charge < -0.3 is 14.8 Å². The lowest BCUT2D eigenvalue weighted by Crippen LogP contribution is -2.62. The number of amides is 1. The molecule has 1 aromatic carbocycles. The van der Waals surface area contributed by atoms with Crippen LogP contribution < -0.4 is 5.32 Å². The third-order valence-electron chi connectivity index (χ3n) is 3.77. The van der Waals surface area contributed by atoms with E-state index in [0.717, 1.165) is 6.92 Å². The smallest absolute Gasteiger partial charge is 0.344 e. The highest BCUT2D eigenvalue weighted by Gasteiger charge is 2.50. The standard InChI is InChI=1S/C19H23FN2O5/c1-4-26-17(24)19(22-13(3)23,18(25)27-5-2)12-15-11-16(20)9-8-14(15)7-6-10-21/h8-9,11H,4-7,12H2,1-3H3,(H,22,23). The van der Waals surface area contributed by atoms with E-state index in [1.807, 2.05) is 6.07 Å². The monoisotopic (exact) mass is 378 g/mol. The van der Waals surface area contributed by atoms with Gasteiger partial charge in [0.05, 0.1) is 19.3 Å². The van der Waals surface area contributed by atoms with Gasteiger partial charge in [0.1, 0.15) is 5.82 Å². The fraction of sp³-hybridized carbons (Fsp3) is 0.474. The Kier molecular flexibility index (Phi) is 8.39. The van der Waals surface area contributed by atoms with Gasteiger partial charge in [0, 0.05) is 19.8 Å². The molecule has 7 nitrogen and oxygen atoms in total. The van der Waals surface area contributed by atoms with E-state index in [-0.39, 0.29) is 26.1 Å². The molecule has 0 saturated carbocycles. The van der Waals surface area contributed by atoms with Crippen molar-refractivity contribution >= 4 is 17.8 Å². The lowest BCUT2D eigenvalue weighted by molar-refractivity contribution is -0.168. The highest BCUT2D eigenvalue weighted by molar-refractivity contribution is 6.08. The highest BCUT2D eigenvalue weighted by Crippen LogP contribution is 2.23. The van der Waals surface area contributed by atoms with E-state index in [0.29, 0.717) is 17.5 Å². The maximum Gasteiger partial charge on any atom is 0.344 e. The second-order valence-electron chi connectivity index (χ2n) is 5.78. The van der Waals surface area contributed by atoms with Crippen molar-refractivity contribution in [1.82, 2.24) is 5.32 Å². The maximum atomic E-state index is 13.8. The van der Waals surface area contributed by atoms with Gasteiger partial charge in [-0.3, -0.25) is 4.79 Å². The molecular formula is C19H23FN2O5. The number of aryl methyl sites for hydroxylation is 1. The van der Waals surface area contributed by atoms with Gasteiger partial charge in [0.15, 0.2) is 0 Å². The average Bonchev–Trinajstić information content (AvgIpc) is 2.60. The Balaban J connectivity index is 3.48. The number of nitrogens with one attached hydrogen (secondary N) is 1. The molecule has 0 heterocycles. The summed E-state index contributed by atoms with van der Waals surface area (Å²) < 4.78 is 23.8. The van der Waals surface area contributed by atoms with E-state index in [2.05, 4.69) is 5.32 Å². The van der Waals surface area contributed by atoms with Crippen molar-refractivity contribution < 1.29 is 28.2 Å². The predicted molar refractivity (Wildman–Crippen MR) is 93.9 cm³/mol. The molecule has 0 fully saturated rings. The van der Waals surface area contributed by atoms with E-state index in [1.54, 1.807) is 13.8 Å². The van der Waals surface area contributed by atoms with Crippen molar-refractivity contribution in [1.29, 1.82) is 5.26 Å². The second kappa shape index (κ2) is 10.3. The Bertz CT molecular complexity index is 724. The summed E-state index contributed by atoms with van der Waals surface area (Å²) in [6, 6.07) is 5.87. The summed E-state index contributed by atoms with van der Waals surface area (Å²) in [5.41, 5.74) is -1.26. The van der Waals surface area contributed by atoms with Gasteiger partial charge >= 0.3 is 11.9 Å². The first-order valence-electron chi connectivity index (χ1n) is 8.58. The van der Waals surface area contributed by atoms with Crippen LogP contribution in [0.15, 0.2) is 18.2 Å². The molecule has 0 bridgehead atoms. The summed E-state index contributed by atoms with van der Waals surface area (Å²) in [6.07, 6.45) is 0.112. The van der Waals surface area contributed by atoms with Crippen LogP contribution in [0.3, 0.4) is 0 Å². The van der Waals surface area contributed by atoms with Crippen LogP contribution in [-0.4, -0.2) is 36.6 Å². The van der Waals surface area contributed by atoms with Crippen LogP contribution in [0.1, 0.15) is 38.3 Å². The van der Waals surface area contributed by atoms with Crippen molar-refractivity contribution in [3.8, 4) is 6.07 Å². The first kappa shape index (κ1) is 22.1. The van der Waals surface area contributed by atoms with E-state index in [1.165, 1.54) is 18.2 Å². The lowest BCUT2D eigenvalue weighted by atomic mass is 9.87. The first-order valence-corrected chi connectivity index (χ1v) is 8.58. The Morgan fingerprint density at radius 1 is 1.15 bits per heavy atom. The Hall–Kier alpha value is -2.95. The molecule has 0 atom stereocenters. The number of ether oxygens (including phenoxy) is 2. The number of hydrogen-bond donors (Lipinski definition) is 1. The number of rotatable bonds is 9. The maximum absolute atomic E-state index is 13.8. The third kappa shape index (κ3) is 5.78. The van der Waals surface area contributed by atoms with E-state index in [4.69, 9.17) is 14.7 Å². The predicted octanol–water partition coefficient (Wildman–Crippen LogP) is 1.83. The van der Waals surface area contributed by atoms with Gasteiger partial charge in [-0.2, -0.15) is 5.26 Å². The van der Waals surface area contributed by atoms with Gasteiger partial charge in [0.2, 0.25) is 11.4 Å². The first-order chi connectivity index (χ1) is 12.8. The van der Waals surface area contributed by atoms with Crippen LogP contribution >= 0.6 is 0 Å². The number of carbonyl (C=O) groups is 3. The molecule has 1 N–H and O–H groups in total. The molecule has 0 spiro atoms. The van der Waals surface area contributed by atoms with Crippen LogP contribution in [0.2, 0.25) is 0 Å². The molecule has 0 radical (unpaired) electrons. The van der Waals surface area contributed by atoms with Crippen molar-refractivity contribution in [2.45, 2.75) is 45.6 Å². The fourth-order valence-corrected chi connectivity index (χ4v) is 2.66. The van der Waals surface area contributed by atoms with Gasteiger partial charge in [-0.1, -0.05) is 6.07 Å². The third-order valence-corrected chi connectivity index (χ3v) is 3.77. The van der Waals surface area contributed by atoms with E-state index in [9.17, 15) is 18.8 Å². The SMILES string of the molecule is CCOC(=O)C(Cc1cc(F)ccc1CCC#N)(NC(C)=O)C(=O)OCC. The zero-order valence-corrected chi connectivity index (χ0v) is 15.6. The molecule has 0 aliphatic heterocycles. The minimum absolute atomic E-state index is 0.0238. The number of halogens is 1. The summed E-state index contributed by atoms with van der Waals surface area (Å²) in [5.74, 6) is -3.20.